The summed E-state index contributed by atoms with van der Waals surface area (Å²) < 4.78 is 5.46. The molecule has 0 radical (unpaired) electrons. The average Bonchev–Trinajstić information content (AvgIpc) is 3.06. The molecule has 0 aliphatic rings. The van der Waals surface area contributed by atoms with E-state index in [9.17, 15) is 9.90 Å². The van der Waals surface area contributed by atoms with Crippen molar-refractivity contribution in [3.8, 4) is 0 Å². The summed E-state index contributed by atoms with van der Waals surface area (Å²) in [6, 6.07) is 5.70. The number of rotatable bonds is 5. The fourth-order valence-electron chi connectivity index (χ4n) is 2.48. The van der Waals surface area contributed by atoms with Gasteiger partial charge >= 0.3 is 0 Å². The largest absolute Gasteiger partial charge is 0.466 e. The van der Waals surface area contributed by atoms with Gasteiger partial charge in [0.05, 0.1) is 12.0 Å². The van der Waals surface area contributed by atoms with Gasteiger partial charge in [0.2, 0.25) is 5.91 Å². The molecule has 5 heteroatoms. The lowest BCUT2D eigenvalue weighted by molar-refractivity contribution is -0.126. The lowest BCUT2D eigenvalue weighted by Gasteiger charge is -2.27. The Morgan fingerprint density at radius 1 is 1.36 bits per heavy atom. The minimum Gasteiger partial charge on any atom is -0.466 e. The summed E-state index contributed by atoms with van der Waals surface area (Å²) in [5.41, 5.74) is -1.08. The Kier molecular flexibility index (Phi) is 4.49. The highest BCUT2D eigenvalue weighted by Crippen LogP contribution is 2.29. The van der Waals surface area contributed by atoms with E-state index < -0.39 is 11.0 Å². The van der Waals surface area contributed by atoms with Crippen LogP contribution in [0.1, 0.15) is 42.7 Å². The van der Waals surface area contributed by atoms with Gasteiger partial charge in [-0.25, -0.2) is 0 Å². The number of carbonyl (C=O) groups excluding carboxylic acids is 1. The first-order chi connectivity index (χ1) is 10.1. The molecule has 1 amide bonds. The molecule has 0 aromatic carbocycles. The first-order valence-electron chi connectivity index (χ1n) is 7.27. The van der Waals surface area contributed by atoms with Crippen molar-refractivity contribution in [1.29, 1.82) is 0 Å². The zero-order chi connectivity index (χ0) is 16.5. The number of hydrogen-bond acceptors (Lipinski definition) is 4. The van der Waals surface area contributed by atoms with Gasteiger partial charge in [-0.2, -0.15) is 0 Å². The normalized spacial score (nSPS) is 14.6. The number of aryl methyl sites for hydroxylation is 2. The van der Waals surface area contributed by atoms with E-state index in [0.29, 0.717) is 11.3 Å². The molecular weight excluding hydrogens is 298 g/mol. The Morgan fingerprint density at radius 3 is 2.55 bits per heavy atom. The predicted molar refractivity (Wildman–Crippen MR) is 88.1 cm³/mol. The van der Waals surface area contributed by atoms with E-state index in [1.165, 1.54) is 0 Å². The summed E-state index contributed by atoms with van der Waals surface area (Å²) in [7, 11) is 0. The Hall–Kier alpha value is -1.59. The summed E-state index contributed by atoms with van der Waals surface area (Å²) in [4.78, 5) is 13.5. The van der Waals surface area contributed by atoms with Crippen LogP contribution in [0.5, 0.6) is 0 Å². The van der Waals surface area contributed by atoms with Crippen molar-refractivity contribution in [2.45, 2.75) is 45.6 Å². The molecule has 0 aliphatic carbocycles. The number of thiophene rings is 1. The maximum atomic E-state index is 12.5. The van der Waals surface area contributed by atoms with Crippen LogP contribution in [0.3, 0.4) is 0 Å². The van der Waals surface area contributed by atoms with Crippen molar-refractivity contribution in [3.05, 3.63) is 45.5 Å². The third kappa shape index (κ3) is 3.25. The van der Waals surface area contributed by atoms with Crippen LogP contribution in [0.25, 0.3) is 0 Å². The van der Waals surface area contributed by atoms with Crippen molar-refractivity contribution >= 4 is 17.2 Å². The second kappa shape index (κ2) is 5.89. The van der Waals surface area contributed by atoms with Gasteiger partial charge in [-0.15, -0.1) is 11.3 Å². The molecule has 2 N–H and O–H groups in total. The summed E-state index contributed by atoms with van der Waals surface area (Å²) in [5, 5.41) is 15.5. The molecule has 0 fully saturated rings. The van der Waals surface area contributed by atoms with Crippen molar-refractivity contribution in [2.24, 2.45) is 0 Å². The van der Waals surface area contributed by atoms with E-state index in [2.05, 4.69) is 5.32 Å². The van der Waals surface area contributed by atoms with E-state index in [-0.39, 0.29) is 12.5 Å². The van der Waals surface area contributed by atoms with Crippen LogP contribution in [-0.4, -0.2) is 17.6 Å². The zero-order valence-electron chi connectivity index (χ0n) is 13.7. The van der Waals surface area contributed by atoms with E-state index in [1.54, 1.807) is 18.3 Å². The molecule has 4 nitrogen and oxygen atoms in total. The van der Waals surface area contributed by atoms with E-state index in [4.69, 9.17) is 4.42 Å². The SMILES string of the molecule is Cc1cc([C@](C)(O)CNC(=O)C(C)(C)c2cccs2)c(C)o1. The molecule has 22 heavy (non-hydrogen) atoms. The molecule has 0 spiro atoms. The van der Waals surface area contributed by atoms with Gasteiger partial charge in [-0.1, -0.05) is 6.07 Å². The van der Waals surface area contributed by atoms with Gasteiger partial charge in [0.25, 0.3) is 0 Å². The fourth-order valence-corrected chi connectivity index (χ4v) is 3.33. The van der Waals surface area contributed by atoms with Gasteiger partial charge in [-0.05, 0) is 52.1 Å². The molecule has 2 aromatic heterocycles. The first-order valence-corrected chi connectivity index (χ1v) is 8.15. The maximum absolute atomic E-state index is 12.5. The molecule has 1 atom stereocenters. The summed E-state index contributed by atoms with van der Waals surface area (Å²) in [6.07, 6.45) is 0. The zero-order valence-corrected chi connectivity index (χ0v) is 14.5. The first kappa shape index (κ1) is 16.8. The Balaban J connectivity index is 2.09. The summed E-state index contributed by atoms with van der Waals surface area (Å²) >= 11 is 1.56. The van der Waals surface area contributed by atoms with E-state index in [0.717, 1.165) is 10.6 Å². The topological polar surface area (TPSA) is 62.5 Å². The van der Waals surface area contributed by atoms with Gasteiger partial charge in [0.1, 0.15) is 17.1 Å². The minimum atomic E-state index is -1.16. The summed E-state index contributed by atoms with van der Waals surface area (Å²) in [5.74, 6) is 1.32. The molecule has 2 aromatic rings. The molecule has 0 saturated heterocycles. The highest BCUT2D eigenvalue weighted by molar-refractivity contribution is 7.10. The highest BCUT2D eigenvalue weighted by atomic mass is 32.1. The molecule has 0 aliphatic heterocycles. The molecular formula is C17H23NO3S. The van der Waals surface area contributed by atoms with Crippen LogP contribution in [0.2, 0.25) is 0 Å². The molecule has 2 heterocycles. The van der Waals surface area contributed by atoms with E-state index in [1.807, 2.05) is 51.3 Å². The van der Waals surface area contributed by atoms with Crippen molar-refractivity contribution in [3.63, 3.8) is 0 Å². The third-order valence-corrected chi connectivity index (χ3v) is 5.11. The number of furan rings is 1. The highest BCUT2D eigenvalue weighted by Gasteiger charge is 2.34. The van der Waals surface area contributed by atoms with Crippen LogP contribution in [-0.2, 0) is 15.8 Å². The molecule has 0 unspecified atom stereocenters. The molecule has 120 valence electrons. The van der Waals surface area contributed by atoms with Crippen molar-refractivity contribution in [1.82, 2.24) is 5.32 Å². The standard InChI is InChI=1S/C17H23NO3S/c1-11-9-13(12(2)21-11)17(5,20)10-18-15(19)16(3,4)14-7-6-8-22-14/h6-9,20H,10H2,1-5H3,(H,18,19)/t17-/m1/s1. The lowest BCUT2D eigenvalue weighted by atomic mass is 9.89. The van der Waals surface area contributed by atoms with Crippen LogP contribution >= 0.6 is 11.3 Å². The van der Waals surface area contributed by atoms with Gasteiger partial charge in [0, 0.05) is 10.4 Å². The van der Waals surface area contributed by atoms with Crippen LogP contribution in [0, 0.1) is 13.8 Å². The van der Waals surface area contributed by atoms with Crippen LogP contribution in [0.15, 0.2) is 28.0 Å². The van der Waals surface area contributed by atoms with Crippen molar-refractivity contribution in [2.75, 3.05) is 6.54 Å². The second-order valence-electron chi connectivity index (χ2n) is 6.39. The average molecular weight is 321 g/mol. The Bertz CT molecular complexity index is 654. The number of aliphatic hydroxyl groups is 1. The predicted octanol–water partition coefficient (Wildman–Crippen LogP) is 3.26. The van der Waals surface area contributed by atoms with Gasteiger partial charge in [0.15, 0.2) is 0 Å². The van der Waals surface area contributed by atoms with E-state index >= 15 is 0 Å². The fraction of sp³-hybridized carbons (Fsp3) is 0.471. The number of nitrogens with one attached hydrogen (secondary N) is 1. The molecule has 0 saturated carbocycles. The number of amides is 1. The molecule has 2 rings (SSSR count). The lowest BCUT2D eigenvalue weighted by Crippen LogP contribution is -2.45. The smallest absolute Gasteiger partial charge is 0.231 e. The minimum absolute atomic E-state index is 0.104. The number of hydrogen-bond donors (Lipinski definition) is 2. The second-order valence-corrected chi connectivity index (χ2v) is 7.33. The maximum Gasteiger partial charge on any atom is 0.231 e. The molecule has 0 bridgehead atoms. The van der Waals surface area contributed by atoms with Crippen LogP contribution < -0.4 is 5.32 Å². The van der Waals surface area contributed by atoms with Gasteiger partial charge in [-0.3, -0.25) is 4.79 Å². The quantitative estimate of drug-likeness (QED) is 0.888. The summed E-state index contributed by atoms with van der Waals surface area (Å²) in [6.45, 7) is 9.24. The Labute approximate surface area is 135 Å². The number of carbonyl (C=O) groups is 1. The monoisotopic (exact) mass is 321 g/mol. The van der Waals surface area contributed by atoms with Gasteiger partial charge < -0.3 is 14.8 Å². The Morgan fingerprint density at radius 2 is 2.05 bits per heavy atom. The van der Waals surface area contributed by atoms with Crippen molar-refractivity contribution < 1.29 is 14.3 Å². The third-order valence-electron chi connectivity index (χ3n) is 3.92. The van der Waals surface area contributed by atoms with Crippen LogP contribution in [0.4, 0.5) is 0 Å².